The number of fused-ring (bicyclic) bond motifs is 3. The minimum absolute atomic E-state index is 1.05. The number of aryl methyl sites for hydroxylation is 2. The second-order valence-corrected chi connectivity index (χ2v) is 5.63. The van der Waals surface area contributed by atoms with Gasteiger partial charge in [0.25, 0.3) is 0 Å². The molecule has 0 bridgehead atoms. The minimum Gasteiger partial charge on any atom is -0.319 e. The topological polar surface area (TPSA) is 4.93 Å². The molecule has 4 rings (SSSR count). The van der Waals surface area contributed by atoms with Crippen molar-refractivity contribution in [3.8, 4) is 16.8 Å². The van der Waals surface area contributed by atoms with Gasteiger partial charge < -0.3 is 4.57 Å². The highest BCUT2D eigenvalue weighted by Crippen LogP contribution is 2.37. The molecular weight excluding hydrogens is 242 g/mol. The number of rotatable bonds is 1. The van der Waals surface area contributed by atoms with Crippen LogP contribution in [0.15, 0.2) is 54.6 Å². The van der Waals surface area contributed by atoms with Crippen molar-refractivity contribution in [1.82, 2.24) is 4.57 Å². The van der Waals surface area contributed by atoms with E-state index in [2.05, 4.69) is 73.0 Å². The van der Waals surface area contributed by atoms with Gasteiger partial charge in [0.2, 0.25) is 0 Å². The summed E-state index contributed by atoms with van der Waals surface area (Å²) in [4.78, 5) is 0. The molecule has 1 aliphatic rings. The Hall–Kier alpha value is -2.28. The third-order valence-corrected chi connectivity index (χ3v) is 4.31. The van der Waals surface area contributed by atoms with E-state index in [1.807, 2.05) is 0 Å². The van der Waals surface area contributed by atoms with Gasteiger partial charge in [-0.25, -0.2) is 0 Å². The Kier molecular flexibility index (Phi) is 2.37. The van der Waals surface area contributed by atoms with Crippen LogP contribution in [-0.4, -0.2) is 4.57 Å². The van der Waals surface area contributed by atoms with Gasteiger partial charge in [0, 0.05) is 17.1 Å². The van der Waals surface area contributed by atoms with Gasteiger partial charge in [0.1, 0.15) is 0 Å². The van der Waals surface area contributed by atoms with Crippen molar-refractivity contribution >= 4 is 0 Å². The molecule has 0 unspecified atom stereocenters. The van der Waals surface area contributed by atoms with Crippen molar-refractivity contribution in [3.05, 3.63) is 77.1 Å². The summed E-state index contributed by atoms with van der Waals surface area (Å²) in [5.74, 6) is 0. The summed E-state index contributed by atoms with van der Waals surface area (Å²) in [6, 6.07) is 19.9. The van der Waals surface area contributed by atoms with Crippen LogP contribution < -0.4 is 0 Å². The lowest BCUT2D eigenvalue weighted by Gasteiger charge is -2.11. The summed E-state index contributed by atoms with van der Waals surface area (Å²) < 4.78 is 2.32. The van der Waals surface area contributed by atoms with E-state index in [0.29, 0.717) is 0 Å². The average Bonchev–Trinajstić information content (AvgIpc) is 2.98. The lowest BCUT2D eigenvalue weighted by Crippen LogP contribution is -1.99. The molecule has 2 aromatic carbocycles. The zero-order valence-electron chi connectivity index (χ0n) is 11.9. The molecule has 1 aromatic heterocycles. The van der Waals surface area contributed by atoms with Gasteiger partial charge in [-0.15, -0.1) is 0 Å². The van der Waals surface area contributed by atoms with Crippen molar-refractivity contribution in [3.63, 3.8) is 0 Å². The van der Waals surface area contributed by atoms with Crippen LogP contribution >= 0.6 is 0 Å². The molecule has 0 aliphatic heterocycles. The summed E-state index contributed by atoms with van der Waals surface area (Å²) in [6.07, 6.45) is 1.05. The Bertz CT molecular complexity index is 789. The van der Waals surface area contributed by atoms with E-state index in [1.54, 1.807) is 0 Å². The molecule has 1 heterocycles. The molecular formula is C19H17N. The van der Waals surface area contributed by atoms with E-state index in [4.69, 9.17) is 0 Å². The highest BCUT2D eigenvalue weighted by Gasteiger charge is 2.18. The number of hydrogen-bond donors (Lipinski definition) is 0. The first-order valence-electron chi connectivity index (χ1n) is 7.10. The molecule has 0 atom stereocenters. The second-order valence-electron chi connectivity index (χ2n) is 5.63. The molecule has 1 aliphatic carbocycles. The van der Waals surface area contributed by atoms with Gasteiger partial charge >= 0.3 is 0 Å². The van der Waals surface area contributed by atoms with Gasteiger partial charge in [-0.1, -0.05) is 30.3 Å². The van der Waals surface area contributed by atoms with Gasteiger partial charge in [-0.3, -0.25) is 0 Å². The summed E-state index contributed by atoms with van der Waals surface area (Å²) in [6.45, 7) is 4.32. The van der Waals surface area contributed by atoms with Crippen molar-refractivity contribution in [2.45, 2.75) is 20.3 Å². The Balaban J connectivity index is 1.87. The van der Waals surface area contributed by atoms with Crippen molar-refractivity contribution < 1.29 is 0 Å². The Morgan fingerprint density at radius 2 is 1.45 bits per heavy atom. The predicted molar refractivity (Wildman–Crippen MR) is 83.5 cm³/mol. The molecule has 0 spiro atoms. The SMILES string of the molecule is Cc1ccc(C)n1-c1ccc2c(c1)Cc1ccccc1-2. The summed E-state index contributed by atoms with van der Waals surface area (Å²) in [7, 11) is 0. The standard InChI is InChI=1S/C19H17N/c1-13-7-8-14(2)20(13)17-9-10-19-16(12-17)11-15-5-3-4-6-18(15)19/h3-10,12H,11H2,1-2H3. The van der Waals surface area contributed by atoms with E-state index < -0.39 is 0 Å². The lowest BCUT2D eigenvalue weighted by atomic mass is 10.1. The maximum absolute atomic E-state index is 2.34. The summed E-state index contributed by atoms with van der Waals surface area (Å²) in [5, 5.41) is 0. The Morgan fingerprint density at radius 3 is 2.25 bits per heavy atom. The van der Waals surface area contributed by atoms with Gasteiger partial charge in [0.15, 0.2) is 0 Å². The highest BCUT2D eigenvalue weighted by atomic mass is 15.0. The number of aromatic nitrogens is 1. The van der Waals surface area contributed by atoms with E-state index in [1.165, 1.54) is 39.3 Å². The quantitative estimate of drug-likeness (QED) is 0.468. The van der Waals surface area contributed by atoms with Crippen LogP contribution in [0.25, 0.3) is 16.8 Å². The number of benzene rings is 2. The van der Waals surface area contributed by atoms with Gasteiger partial charge in [-0.05, 0) is 66.8 Å². The fraction of sp³-hybridized carbons (Fsp3) is 0.158. The van der Waals surface area contributed by atoms with E-state index >= 15 is 0 Å². The zero-order chi connectivity index (χ0) is 13.7. The maximum atomic E-state index is 2.34. The third-order valence-electron chi connectivity index (χ3n) is 4.31. The maximum Gasteiger partial charge on any atom is 0.0458 e. The molecule has 0 radical (unpaired) electrons. The predicted octanol–water partition coefficient (Wildman–Crippen LogP) is 4.67. The van der Waals surface area contributed by atoms with Crippen molar-refractivity contribution in [1.29, 1.82) is 0 Å². The van der Waals surface area contributed by atoms with E-state index in [0.717, 1.165) is 6.42 Å². The van der Waals surface area contributed by atoms with Crippen LogP contribution in [0.2, 0.25) is 0 Å². The van der Waals surface area contributed by atoms with Crippen LogP contribution in [0.3, 0.4) is 0 Å². The zero-order valence-corrected chi connectivity index (χ0v) is 11.9. The van der Waals surface area contributed by atoms with Crippen LogP contribution in [0.4, 0.5) is 0 Å². The number of hydrogen-bond acceptors (Lipinski definition) is 0. The monoisotopic (exact) mass is 259 g/mol. The second kappa shape index (κ2) is 4.11. The molecule has 1 nitrogen and oxygen atoms in total. The molecule has 98 valence electrons. The minimum atomic E-state index is 1.05. The first kappa shape index (κ1) is 11.5. The molecule has 0 N–H and O–H groups in total. The third kappa shape index (κ3) is 1.56. The fourth-order valence-corrected chi connectivity index (χ4v) is 3.35. The smallest absolute Gasteiger partial charge is 0.0458 e. The lowest BCUT2D eigenvalue weighted by molar-refractivity contribution is 0.963. The molecule has 0 amide bonds. The fourth-order valence-electron chi connectivity index (χ4n) is 3.35. The summed E-state index contributed by atoms with van der Waals surface area (Å²) in [5.41, 5.74) is 9.53. The average molecular weight is 259 g/mol. The highest BCUT2D eigenvalue weighted by molar-refractivity contribution is 5.77. The first-order chi connectivity index (χ1) is 9.74. The van der Waals surface area contributed by atoms with Crippen molar-refractivity contribution in [2.24, 2.45) is 0 Å². The van der Waals surface area contributed by atoms with Gasteiger partial charge in [-0.2, -0.15) is 0 Å². The van der Waals surface area contributed by atoms with Crippen LogP contribution in [0.5, 0.6) is 0 Å². The van der Waals surface area contributed by atoms with Crippen LogP contribution in [0, 0.1) is 13.8 Å². The Morgan fingerprint density at radius 1 is 0.750 bits per heavy atom. The normalized spacial score (nSPS) is 12.3. The van der Waals surface area contributed by atoms with Crippen LogP contribution in [-0.2, 0) is 6.42 Å². The first-order valence-corrected chi connectivity index (χ1v) is 7.10. The van der Waals surface area contributed by atoms with E-state index in [-0.39, 0.29) is 0 Å². The largest absolute Gasteiger partial charge is 0.319 e. The van der Waals surface area contributed by atoms with Gasteiger partial charge in [0.05, 0.1) is 0 Å². The molecule has 0 fully saturated rings. The number of nitrogens with zero attached hydrogens (tertiary/aromatic N) is 1. The molecule has 1 heteroatoms. The van der Waals surface area contributed by atoms with Crippen LogP contribution in [0.1, 0.15) is 22.5 Å². The van der Waals surface area contributed by atoms with E-state index in [9.17, 15) is 0 Å². The molecule has 0 saturated carbocycles. The molecule has 0 saturated heterocycles. The molecule has 3 aromatic rings. The molecule has 20 heavy (non-hydrogen) atoms. The van der Waals surface area contributed by atoms with Crippen molar-refractivity contribution in [2.75, 3.05) is 0 Å². The Labute approximate surface area is 119 Å². The summed E-state index contributed by atoms with van der Waals surface area (Å²) >= 11 is 0.